The number of hydrogen-bond donors (Lipinski definition) is 2. The fourth-order valence-electron chi connectivity index (χ4n) is 2.01. The Kier molecular flexibility index (Phi) is 7.05. The molecule has 7 heteroatoms. The van der Waals surface area contributed by atoms with Gasteiger partial charge >= 0.3 is 5.97 Å². The number of nitrogens with zero attached hydrogens (tertiary/aromatic N) is 1. The largest absolute Gasteiger partial charge is 0.494 e. The Bertz CT molecular complexity index is 573. The standard InChI is InChI=1S/C16H22N2O5/c1-4-23-14-7-5-6-13(10-14)15(20)18(11(2)16(21)22)9-8-17-12(3)19/h5-7,10-11H,4,8-9H2,1-3H3,(H,17,19)(H,21,22). The Labute approximate surface area is 135 Å². The van der Waals surface area contributed by atoms with Gasteiger partial charge in [0.25, 0.3) is 5.91 Å². The number of carboxylic acid groups (broad SMARTS) is 1. The topological polar surface area (TPSA) is 95.9 Å². The van der Waals surface area contributed by atoms with E-state index in [2.05, 4.69) is 5.32 Å². The van der Waals surface area contributed by atoms with Crippen LogP contribution in [0.3, 0.4) is 0 Å². The van der Waals surface area contributed by atoms with Gasteiger partial charge in [-0.1, -0.05) is 6.07 Å². The van der Waals surface area contributed by atoms with E-state index in [-0.39, 0.29) is 19.0 Å². The second-order valence-corrected chi connectivity index (χ2v) is 4.96. The van der Waals surface area contributed by atoms with Crippen LogP contribution < -0.4 is 10.1 Å². The van der Waals surface area contributed by atoms with Crippen molar-refractivity contribution in [1.82, 2.24) is 10.2 Å². The lowest BCUT2D eigenvalue weighted by Gasteiger charge is -2.26. The number of rotatable bonds is 8. The van der Waals surface area contributed by atoms with E-state index < -0.39 is 17.9 Å². The fourth-order valence-corrected chi connectivity index (χ4v) is 2.01. The maximum atomic E-state index is 12.6. The molecule has 0 aliphatic heterocycles. The molecule has 0 aromatic heterocycles. The van der Waals surface area contributed by atoms with Gasteiger partial charge in [-0.15, -0.1) is 0 Å². The summed E-state index contributed by atoms with van der Waals surface area (Å²) in [6.07, 6.45) is 0. The van der Waals surface area contributed by atoms with Gasteiger partial charge in [0, 0.05) is 25.6 Å². The molecule has 0 spiro atoms. The molecule has 0 bridgehead atoms. The van der Waals surface area contributed by atoms with Crippen molar-refractivity contribution in [3.05, 3.63) is 29.8 Å². The van der Waals surface area contributed by atoms with Crippen LogP contribution in [-0.2, 0) is 9.59 Å². The molecule has 7 nitrogen and oxygen atoms in total. The molecule has 0 saturated heterocycles. The van der Waals surface area contributed by atoms with E-state index in [1.165, 1.54) is 18.7 Å². The van der Waals surface area contributed by atoms with Crippen molar-refractivity contribution >= 4 is 17.8 Å². The third-order valence-electron chi connectivity index (χ3n) is 3.20. The number of amides is 2. The van der Waals surface area contributed by atoms with Crippen LogP contribution in [0.15, 0.2) is 24.3 Å². The first-order valence-electron chi connectivity index (χ1n) is 7.37. The van der Waals surface area contributed by atoms with Crippen LogP contribution in [-0.4, -0.2) is 53.5 Å². The molecule has 0 heterocycles. The van der Waals surface area contributed by atoms with Crippen LogP contribution in [0.4, 0.5) is 0 Å². The maximum absolute atomic E-state index is 12.6. The van der Waals surface area contributed by atoms with Gasteiger partial charge in [-0.3, -0.25) is 9.59 Å². The zero-order chi connectivity index (χ0) is 17.4. The van der Waals surface area contributed by atoms with Gasteiger partial charge in [0.05, 0.1) is 6.61 Å². The van der Waals surface area contributed by atoms with Crippen LogP contribution in [0.2, 0.25) is 0 Å². The predicted molar refractivity (Wildman–Crippen MR) is 84.4 cm³/mol. The molecule has 1 aromatic rings. The summed E-state index contributed by atoms with van der Waals surface area (Å²) in [4.78, 5) is 36.0. The van der Waals surface area contributed by atoms with Crippen molar-refractivity contribution in [2.45, 2.75) is 26.8 Å². The Morgan fingerprint density at radius 2 is 2.04 bits per heavy atom. The highest BCUT2D eigenvalue weighted by molar-refractivity contribution is 5.96. The summed E-state index contributed by atoms with van der Waals surface area (Å²) in [6, 6.07) is 5.57. The van der Waals surface area contributed by atoms with Gasteiger partial charge in [0.15, 0.2) is 0 Å². The number of ether oxygens (including phenoxy) is 1. The van der Waals surface area contributed by atoms with Gasteiger partial charge < -0.3 is 20.1 Å². The summed E-state index contributed by atoms with van der Waals surface area (Å²) in [6.45, 7) is 5.38. The Hall–Kier alpha value is -2.57. The normalized spacial score (nSPS) is 11.4. The van der Waals surface area contributed by atoms with E-state index in [0.717, 1.165) is 0 Å². The van der Waals surface area contributed by atoms with Crippen molar-refractivity contribution in [2.24, 2.45) is 0 Å². The van der Waals surface area contributed by atoms with E-state index in [4.69, 9.17) is 4.74 Å². The van der Waals surface area contributed by atoms with Crippen molar-refractivity contribution in [3.63, 3.8) is 0 Å². The molecule has 1 unspecified atom stereocenters. The van der Waals surface area contributed by atoms with E-state index in [0.29, 0.717) is 17.9 Å². The molecular weight excluding hydrogens is 300 g/mol. The summed E-state index contributed by atoms with van der Waals surface area (Å²) in [7, 11) is 0. The summed E-state index contributed by atoms with van der Waals surface area (Å²) >= 11 is 0. The lowest BCUT2D eigenvalue weighted by molar-refractivity contribution is -0.141. The minimum Gasteiger partial charge on any atom is -0.494 e. The van der Waals surface area contributed by atoms with Crippen LogP contribution in [0, 0.1) is 0 Å². The van der Waals surface area contributed by atoms with Crippen LogP contribution in [0.5, 0.6) is 5.75 Å². The van der Waals surface area contributed by atoms with Crippen molar-refractivity contribution in [3.8, 4) is 5.75 Å². The minimum absolute atomic E-state index is 0.102. The lowest BCUT2D eigenvalue weighted by Crippen LogP contribution is -2.46. The van der Waals surface area contributed by atoms with Crippen LogP contribution in [0.1, 0.15) is 31.1 Å². The highest BCUT2D eigenvalue weighted by atomic mass is 16.5. The highest BCUT2D eigenvalue weighted by Gasteiger charge is 2.26. The zero-order valence-electron chi connectivity index (χ0n) is 13.5. The average Bonchev–Trinajstić information content (AvgIpc) is 2.50. The first kappa shape index (κ1) is 18.5. The van der Waals surface area contributed by atoms with Gasteiger partial charge in [-0.25, -0.2) is 4.79 Å². The molecule has 1 aromatic carbocycles. The number of carbonyl (C=O) groups excluding carboxylic acids is 2. The monoisotopic (exact) mass is 322 g/mol. The molecule has 0 radical (unpaired) electrons. The zero-order valence-corrected chi connectivity index (χ0v) is 13.5. The molecule has 23 heavy (non-hydrogen) atoms. The molecule has 0 aliphatic rings. The number of carboxylic acids is 1. The molecular formula is C16H22N2O5. The van der Waals surface area contributed by atoms with Gasteiger partial charge in [0.2, 0.25) is 5.91 Å². The Morgan fingerprint density at radius 3 is 2.61 bits per heavy atom. The van der Waals surface area contributed by atoms with Gasteiger partial charge in [-0.05, 0) is 32.0 Å². The number of carbonyl (C=O) groups is 3. The first-order chi connectivity index (χ1) is 10.9. The molecule has 2 amide bonds. The summed E-state index contributed by atoms with van der Waals surface area (Å²) in [5.74, 6) is -1.23. The van der Waals surface area contributed by atoms with Crippen LogP contribution in [0.25, 0.3) is 0 Å². The van der Waals surface area contributed by atoms with Crippen LogP contribution >= 0.6 is 0 Å². The number of aliphatic carboxylic acids is 1. The Morgan fingerprint density at radius 1 is 1.35 bits per heavy atom. The SMILES string of the molecule is CCOc1cccc(C(=O)N(CCNC(C)=O)C(C)C(=O)O)c1. The third-order valence-corrected chi connectivity index (χ3v) is 3.20. The molecule has 0 aliphatic carbocycles. The van der Waals surface area contributed by atoms with Crippen molar-refractivity contribution in [1.29, 1.82) is 0 Å². The second kappa shape index (κ2) is 8.77. The fraction of sp³-hybridized carbons (Fsp3) is 0.438. The molecule has 0 saturated carbocycles. The molecule has 1 atom stereocenters. The Balaban J connectivity index is 2.95. The smallest absolute Gasteiger partial charge is 0.326 e. The van der Waals surface area contributed by atoms with Gasteiger partial charge in [-0.2, -0.15) is 0 Å². The van der Waals surface area contributed by atoms with E-state index >= 15 is 0 Å². The highest BCUT2D eigenvalue weighted by Crippen LogP contribution is 2.16. The minimum atomic E-state index is -1.11. The van der Waals surface area contributed by atoms with E-state index in [1.807, 2.05) is 6.92 Å². The molecule has 126 valence electrons. The average molecular weight is 322 g/mol. The number of hydrogen-bond acceptors (Lipinski definition) is 4. The number of benzene rings is 1. The van der Waals surface area contributed by atoms with Crippen molar-refractivity contribution in [2.75, 3.05) is 19.7 Å². The molecule has 0 fully saturated rings. The predicted octanol–water partition coefficient (Wildman–Crippen LogP) is 1.14. The molecule has 1 rings (SSSR count). The van der Waals surface area contributed by atoms with E-state index in [1.54, 1.807) is 24.3 Å². The maximum Gasteiger partial charge on any atom is 0.326 e. The quantitative estimate of drug-likeness (QED) is 0.748. The lowest BCUT2D eigenvalue weighted by atomic mass is 10.1. The first-order valence-corrected chi connectivity index (χ1v) is 7.37. The van der Waals surface area contributed by atoms with E-state index in [9.17, 15) is 19.5 Å². The summed E-state index contributed by atoms with van der Waals surface area (Å²) in [5.41, 5.74) is 0.340. The van der Waals surface area contributed by atoms with Crippen molar-refractivity contribution < 1.29 is 24.2 Å². The number of nitrogens with one attached hydrogen (secondary N) is 1. The van der Waals surface area contributed by atoms with Gasteiger partial charge in [0.1, 0.15) is 11.8 Å². The summed E-state index contributed by atoms with van der Waals surface area (Å²) in [5, 5.41) is 11.7. The molecule has 2 N–H and O–H groups in total. The summed E-state index contributed by atoms with van der Waals surface area (Å²) < 4.78 is 5.35. The third kappa shape index (κ3) is 5.61. The second-order valence-electron chi connectivity index (χ2n) is 4.96.